The predicted molar refractivity (Wildman–Crippen MR) is 158 cm³/mol. The molecule has 212 valence electrons. The molecule has 0 aliphatic carbocycles. The average Bonchev–Trinajstić information content (AvgIpc) is 3.66. The molecule has 6 rings (SSSR count). The van der Waals surface area contributed by atoms with Crippen LogP contribution in [-0.2, 0) is 15.3 Å². The Balaban J connectivity index is 1.44. The van der Waals surface area contributed by atoms with Crippen LogP contribution in [0.2, 0.25) is 0 Å². The number of ketones is 1. The SMILES string of the molecule is CCOc1ccc(C2C(=C(O)c3c(C)nc4ccccn34)C(=O)C(=O)N2c2nnc(SCc3ccccc3F)s2)cc1. The van der Waals surface area contributed by atoms with Gasteiger partial charge in [0.25, 0.3) is 5.78 Å². The number of anilines is 1. The van der Waals surface area contributed by atoms with E-state index in [-0.39, 0.29) is 22.3 Å². The van der Waals surface area contributed by atoms with Gasteiger partial charge < -0.3 is 9.84 Å². The maximum absolute atomic E-state index is 14.1. The number of carbonyl (C=O) groups is 2. The zero-order valence-electron chi connectivity index (χ0n) is 22.5. The Hall–Kier alpha value is -4.55. The molecule has 0 spiro atoms. The molecule has 12 heteroatoms. The van der Waals surface area contributed by atoms with E-state index < -0.39 is 17.7 Å². The smallest absolute Gasteiger partial charge is 0.301 e. The van der Waals surface area contributed by atoms with E-state index in [1.54, 1.807) is 72.1 Å². The number of aromatic nitrogens is 4. The highest BCUT2D eigenvalue weighted by Gasteiger charge is 2.49. The van der Waals surface area contributed by atoms with Crippen molar-refractivity contribution in [2.24, 2.45) is 0 Å². The molecule has 1 fully saturated rings. The summed E-state index contributed by atoms with van der Waals surface area (Å²) in [5.74, 6) is -1.42. The fraction of sp³-hybridized carbons (Fsp3) is 0.167. The number of aliphatic hydroxyl groups excluding tert-OH is 1. The van der Waals surface area contributed by atoms with Crippen LogP contribution < -0.4 is 9.64 Å². The first kappa shape index (κ1) is 27.6. The van der Waals surface area contributed by atoms with E-state index in [0.29, 0.717) is 50.6 Å². The zero-order valence-corrected chi connectivity index (χ0v) is 24.2. The van der Waals surface area contributed by atoms with Crippen LogP contribution in [0.25, 0.3) is 11.4 Å². The number of aliphatic hydroxyl groups is 1. The van der Waals surface area contributed by atoms with Gasteiger partial charge in [-0.3, -0.25) is 18.9 Å². The van der Waals surface area contributed by atoms with E-state index in [2.05, 4.69) is 15.2 Å². The van der Waals surface area contributed by atoms with Crippen LogP contribution in [0.1, 0.15) is 35.5 Å². The van der Waals surface area contributed by atoms with Gasteiger partial charge in [0.1, 0.15) is 22.9 Å². The van der Waals surface area contributed by atoms with Crippen LogP contribution in [0, 0.1) is 12.7 Å². The zero-order chi connectivity index (χ0) is 29.4. The van der Waals surface area contributed by atoms with E-state index in [1.165, 1.54) is 22.7 Å². The molecule has 4 heterocycles. The summed E-state index contributed by atoms with van der Waals surface area (Å²) in [4.78, 5) is 33.0. The second-order valence-corrected chi connectivity index (χ2v) is 11.6. The minimum absolute atomic E-state index is 0.0892. The lowest BCUT2D eigenvalue weighted by Gasteiger charge is -2.22. The van der Waals surface area contributed by atoms with Gasteiger partial charge in [0, 0.05) is 11.9 Å². The molecule has 1 aliphatic heterocycles. The summed E-state index contributed by atoms with van der Waals surface area (Å²) in [6, 6.07) is 17.8. The number of carbonyl (C=O) groups excluding carboxylic acids is 2. The number of nitrogens with zero attached hydrogens (tertiary/aromatic N) is 5. The van der Waals surface area contributed by atoms with Gasteiger partial charge in [-0.05, 0) is 55.3 Å². The van der Waals surface area contributed by atoms with Crippen LogP contribution in [0.15, 0.2) is 82.8 Å². The van der Waals surface area contributed by atoms with Crippen molar-refractivity contribution in [2.75, 3.05) is 11.5 Å². The second-order valence-electron chi connectivity index (χ2n) is 9.38. The third kappa shape index (κ3) is 4.92. The second kappa shape index (κ2) is 11.4. The summed E-state index contributed by atoms with van der Waals surface area (Å²) < 4.78 is 21.9. The van der Waals surface area contributed by atoms with Gasteiger partial charge in [-0.15, -0.1) is 10.2 Å². The van der Waals surface area contributed by atoms with Gasteiger partial charge in [0.05, 0.1) is 23.9 Å². The van der Waals surface area contributed by atoms with Crippen LogP contribution in [0.3, 0.4) is 0 Å². The number of rotatable bonds is 8. The molecule has 5 aromatic rings. The number of hydrogen-bond donors (Lipinski definition) is 1. The Labute approximate surface area is 248 Å². The summed E-state index contributed by atoms with van der Waals surface area (Å²) in [5.41, 5.74) is 2.40. The predicted octanol–water partition coefficient (Wildman–Crippen LogP) is 5.95. The summed E-state index contributed by atoms with van der Waals surface area (Å²) in [7, 11) is 0. The topological polar surface area (TPSA) is 110 Å². The average molecular weight is 602 g/mol. The van der Waals surface area contributed by atoms with Crippen molar-refractivity contribution in [1.29, 1.82) is 0 Å². The molecule has 2 aromatic carbocycles. The fourth-order valence-corrected chi connectivity index (χ4v) is 6.75. The van der Waals surface area contributed by atoms with Crippen molar-refractivity contribution in [2.45, 2.75) is 30.0 Å². The first-order chi connectivity index (χ1) is 20.4. The van der Waals surface area contributed by atoms with E-state index in [4.69, 9.17) is 4.74 Å². The Kier molecular flexibility index (Phi) is 7.48. The number of imidazole rings is 1. The van der Waals surface area contributed by atoms with Crippen molar-refractivity contribution >= 4 is 51.3 Å². The van der Waals surface area contributed by atoms with Crippen molar-refractivity contribution in [1.82, 2.24) is 19.6 Å². The van der Waals surface area contributed by atoms with Gasteiger partial charge >= 0.3 is 5.91 Å². The van der Waals surface area contributed by atoms with E-state index >= 15 is 0 Å². The lowest BCUT2D eigenvalue weighted by Crippen LogP contribution is -2.29. The third-order valence-electron chi connectivity index (χ3n) is 6.79. The highest BCUT2D eigenvalue weighted by molar-refractivity contribution is 8.00. The molecule has 0 radical (unpaired) electrons. The minimum atomic E-state index is -0.994. The molecule has 1 aliphatic rings. The molecule has 1 N–H and O–H groups in total. The van der Waals surface area contributed by atoms with Crippen LogP contribution in [0.5, 0.6) is 5.75 Å². The molecule has 1 amide bonds. The fourth-order valence-electron chi connectivity index (χ4n) is 4.90. The number of hydrogen-bond acceptors (Lipinski definition) is 9. The lowest BCUT2D eigenvalue weighted by atomic mass is 9.96. The molecular formula is C30H24FN5O4S2. The molecule has 1 atom stereocenters. The number of ether oxygens (including phenoxy) is 1. The first-order valence-corrected chi connectivity index (χ1v) is 14.8. The Morgan fingerprint density at radius 1 is 1.07 bits per heavy atom. The van der Waals surface area contributed by atoms with Crippen LogP contribution in [0.4, 0.5) is 9.52 Å². The van der Waals surface area contributed by atoms with Crippen molar-refractivity contribution < 1.29 is 23.8 Å². The van der Waals surface area contributed by atoms with Gasteiger partial charge in [-0.2, -0.15) is 0 Å². The van der Waals surface area contributed by atoms with Gasteiger partial charge in [-0.25, -0.2) is 9.37 Å². The number of thioether (sulfide) groups is 1. The number of Topliss-reactive ketones (excluding diaryl/α,β-unsaturated/α-hetero) is 1. The van der Waals surface area contributed by atoms with Gasteiger partial charge in [0.15, 0.2) is 10.1 Å². The molecule has 0 bridgehead atoms. The summed E-state index contributed by atoms with van der Waals surface area (Å²) >= 11 is 2.39. The quantitative estimate of drug-likeness (QED) is 0.0764. The monoisotopic (exact) mass is 601 g/mol. The van der Waals surface area contributed by atoms with E-state index in [9.17, 15) is 19.1 Å². The first-order valence-electron chi connectivity index (χ1n) is 13.0. The highest BCUT2D eigenvalue weighted by atomic mass is 32.2. The molecule has 0 saturated carbocycles. The van der Waals surface area contributed by atoms with E-state index in [0.717, 1.165) is 11.3 Å². The maximum atomic E-state index is 14.1. The summed E-state index contributed by atoms with van der Waals surface area (Å²) in [5, 5.41) is 20.3. The molecular weight excluding hydrogens is 577 g/mol. The standard InChI is InChI=1S/C30H24FN5O4S2/c1-3-40-20-13-11-18(12-14-20)25-23(26(37)24-17(2)32-22-10-6-7-15-35(22)24)27(38)28(39)36(25)29-33-34-30(42-29)41-16-19-8-4-5-9-21(19)31/h4-15,25,37H,3,16H2,1-2H3. The molecule has 1 unspecified atom stereocenters. The molecule has 1 saturated heterocycles. The number of aryl methyl sites for hydroxylation is 1. The van der Waals surface area contributed by atoms with Crippen LogP contribution in [-0.4, -0.2) is 43.0 Å². The largest absolute Gasteiger partial charge is 0.505 e. The minimum Gasteiger partial charge on any atom is -0.505 e. The lowest BCUT2D eigenvalue weighted by molar-refractivity contribution is -0.132. The number of fused-ring (bicyclic) bond motifs is 1. The number of amides is 1. The van der Waals surface area contributed by atoms with Crippen molar-refractivity contribution in [3.05, 3.63) is 107 Å². The summed E-state index contributed by atoms with van der Waals surface area (Å²) in [6.07, 6.45) is 1.73. The van der Waals surface area contributed by atoms with Gasteiger partial charge in [0.2, 0.25) is 5.13 Å². The third-order valence-corrected chi connectivity index (χ3v) is 8.90. The maximum Gasteiger partial charge on any atom is 0.301 e. The number of pyridine rings is 1. The summed E-state index contributed by atoms with van der Waals surface area (Å²) in [6.45, 7) is 4.08. The number of benzene rings is 2. The molecule has 9 nitrogen and oxygen atoms in total. The van der Waals surface area contributed by atoms with E-state index in [1.807, 2.05) is 13.0 Å². The Morgan fingerprint density at radius 2 is 1.83 bits per heavy atom. The Morgan fingerprint density at radius 3 is 2.60 bits per heavy atom. The normalized spacial score (nSPS) is 16.5. The van der Waals surface area contributed by atoms with Crippen LogP contribution >= 0.6 is 23.1 Å². The van der Waals surface area contributed by atoms with Gasteiger partial charge in [-0.1, -0.05) is 59.5 Å². The Bertz CT molecular complexity index is 1850. The van der Waals surface area contributed by atoms with Crippen molar-refractivity contribution in [3.63, 3.8) is 0 Å². The molecule has 42 heavy (non-hydrogen) atoms. The van der Waals surface area contributed by atoms with Crippen molar-refractivity contribution in [3.8, 4) is 5.75 Å². The number of halogens is 1. The molecule has 3 aromatic heterocycles. The highest BCUT2D eigenvalue weighted by Crippen LogP contribution is 2.44.